The lowest BCUT2D eigenvalue weighted by atomic mass is 10.0. The highest BCUT2D eigenvalue weighted by atomic mass is 16.1. The number of nitrogens with one attached hydrogen (secondary N) is 3. The standard InChI is InChI=1S/C16H23N5O/c1-11-4-3-5-14(12(11)2)21-8-6-13(7-9-21)17-10-15-18-16(22)20-19-15/h3-5,13,17H,6-10H2,1-2H3,(H2,18,19,20,22). The van der Waals surface area contributed by atoms with Gasteiger partial charge in [0, 0.05) is 24.8 Å². The Morgan fingerprint density at radius 1 is 1.32 bits per heavy atom. The highest BCUT2D eigenvalue weighted by molar-refractivity contribution is 5.56. The summed E-state index contributed by atoms with van der Waals surface area (Å²) in [5, 5.41) is 9.78. The van der Waals surface area contributed by atoms with E-state index in [1.54, 1.807) is 0 Å². The summed E-state index contributed by atoms with van der Waals surface area (Å²) in [5.74, 6) is 0.668. The van der Waals surface area contributed by atoms with E-state index < -0.39 is 0 Å². The minimum absolute atomic E-state index is 0.249. The summed E-state index contributed by atoms with van der Waals surface area (Å²) in [7, 11) is 0. The summed E-state index contributed by atoms with van der Waals surface area (Å²) >= 11 is 0. The Hall–Kier alpha value is -2.08. The fourth-order valence-corrected chi connectivity index (χ4v) is 3.03. The van der Waals surface area contributed by atoms with Gasteiger partial charge in [-0.1, -0.05) is 12.1 Å². The van der Waals surface area contributed by atoms with Gasteiger partial charge in [0.1, 0.15) is 5.82 Å². The molecule has 3 N–H and O–H groups in total. The molecule has 0 saturated carbocycles. The average Bonchev–Trinajstić information content (AvgIpc) is 2.94. The Bertz CT molecular complexity index is 682. The third kappa shape index (κ3) is 3.22. The van der Waals surface area contributed by atoms with Gasteiger partial charge in [0.25, 0.3) is 0 Å². The summed E-state index contributed by atoms with van der Waals surface area (Å²) in [4.78, 5) is 16.1. The van der Waals surface area contributed by atoms with Gasteiger partial charge in [-0.3, -0.25) is 4.98 Å². The van der Waals surface area contributed by atoms with E-state index in [1.807, 2.05) is 0 Å². The number of aromatic nitrogens is 3. The third-order valence-electron chi connectivity index (χ3n) is 4.52. The first-order valence-electron chi connectivity index (χ1n) is 7.81. The molecule has 0 bridgehead atoms. The molecule has 0 spiro atoms. The molecule has 1 aromatic heterocycles. The van der Waals surface area contributed by atoms with Crippen LogP contribution >= 0.6 is 0 Å². The van der Waals surface area contributed by atoms with Crippen molar-refractivity contribution in [3.8, 4) is 0 Å². The minimum atomic E-state index is -0.249. The van der Waals surface area contributed by atoms with Crippen LogP contribution in [0, 0.1) is 13.8 Å². The number of aryl methyl sites for hydroxylation is 1. The van der Waals surface area contributed by atoms with Gasteiger partial charge >= 0.3 is 5.69 Å². The van der Waals surface area contributed by atoms with Crippen LogP contribution in [0.25, 0.3) is 0 Å². The van der Waals surface area contributed by atoms with Crippen molar-refractivity contribution in [2.75, 3.05) is 18.0 Å². The molecule has 1 aromatic carbocycles. The van der Waals surface area contributed by atoms with Crippen LogP contribution in [-0.2, 0) is 6.54 Å². The normalized spacial score (nSPS) is 16.2. The second kappa shape index (κ2) is 6.36. The van der Waals surface area contributed by atoms with Crippen molar-refractivity contribution in [3.63, 3.8) is 0 Å². The van der Waals surface area contributed by atoms with Crippen molar-refractivity contribution in [2.45, 2.75) is 39.3 Å². The van der Waals surface area contributed by atoms with Crippen LogP contribution in [0.15, 0.2) is 23.0 Å². The molecule has 1 fully saturated rings. The van der Waals surface area contributed by atoms with Crippen molar-refractivity contribution in [2.24, 2.45) is 0 Å². The van der Waals surface area contributed by atoms with Gasteiger partial charge in [0.05, 0.1) is 6.54 Å². The summed E-state index contributed by atoms with van der Waals surface area (Å²) in [5.41, 5.74) is 3.83. The molecule has 6 heteroatoms. The van der Waals surface area contributed by atoms with Crippen LogP contribution in [0.2, 0.25) is 0 Å². The van der Waals surface area contributed by atoms with Gasteiger partial charge in [-0.2, -0.15) is 5.10 Å². The average molecular weight is 301 g/mol. The van der Waals surface area contributed by atoms with Crippen molar-refractivity contribution in [3.05, 3.63) is 45.6 Å². The molecular formula is C16H23N5O. The Kier molecular flexibility index (Phi) is 4.29. The highest BCUT2D eigenvalue weighted by Gasteiger charge is 2.20. The maximum atomic E-state index is 11.0. The number of H-pyrrole nitrogens is 2. The lowest BCUT2D eigenvalue weighted by Gasteiger charge is -2.35. The molecule has 118 valence electrons. The Morgan fingerprint density at radius 3 is 2.77 bits per heavy atom. The van der Waals surface area contributed by atoms with Gasteiger partial charge in [-0.15, -0.1) is 0 Å². The van der Waals surface area contributed by atoms with Gasteiger partial charge in [-0.05, 0) is 43.9 Å². The Morgan fingerprint density at radius 2 is 2.09 bits per heavy atom. The maximum absolute atomic E-state index is 11.0. The molecule has 1 aliphatic heterocycles. The van der Waals surface area contributed by atoms with E-state index in [9.17, 15) is 4.79 Å². The summed E-state index contributed by atoms with van der Waals surface area (Å²) in [6.07, 6.45) is 2.20. The summed E-state index contributed by atoms with van der Waals surface area (Å²) in [6.45, 7) is 7.08. The number of aromatic amines is 2. The van der Waals surface area contributed by atoms with Gasteiger partial charge in [0.2, 0.25) is 0 Å². The predicted molar refractivity (Wildman–Crippen MR) is 87.2 cm³/mol. The molecule has 6 nitrogen and oxygen atoms in total. The quantitative estimate of drug-likeness (QED) is 0.799. The van der Waals surface area contributed by atoms with E-state index in [2.05, 4.69) is 57.4 Å². The predicted octanol–water partition coefficient (Wildman–Crippen LogP) is 1.47. The van der Waals surface area contributed by atoms with E-state index in [0.29, 0.717) is 18.4 Å². The van der Waals surface area contributed by atoms with Crippen LogP contribution in [0.1, 0.15) is 29.8 Å². The molecule has 2 heterocycles. The van der Waals surface area contributed by atoms with Gasteiger partial charge in [-0.25, -0.2) is 9.89 Å². The van der Waals surface area contributed by atoms with Gasteiger partial charge < -0.3 is 10.2 Å². The second-order valence-electron chi connectivity index (χ2n) is 5.99. The maximum Gasteiger partial charge on any atom is 0.340 e. The molecular weight excluding hydrogens is 278 g/mol. The van der Waals surface area contributed by atoms with Crippen LogP contribution in [-0.4, -0.2) is 34.3 Å². The van der Waals surface area contributed by atoms with Crippen LogP contribution in [0.5, 0.6) is 0 Å². The van der Waals surface area contributed by atoms with Crippen molar-refractivity contribution in [1.29, 1.82) is 0 Å². The van der Waals surface area contributed by atoms with E-state index >= 15 is 0 Å². The monoisotopic (exact) mass is 301 g/mol. The Balaban J connectivity index is 1.54. The molecule has 3 rings (SSSR count). The molecule has 22 heavy (non-hydrogen) atoms. The minimum Gasteiger partial charge on any atom is -0.371 e. The van der Waals surface area contributed by atoms with Crippen molar-refractivity contribution >= 4 is 5.69 Å². The number of benzene rings is 1. The van der Waals surface area contributed by atoms with Crippen LogP contribution in [0.4, 0.5) is 5.69 Å². The topological polar surface area (TPSA) is 76.8 Å². The number of piperidine rings is 1. The van der Waals surface area contributed by atoms with Crippen LogP contribution < -0.4 is 15.9 Å². The zero-order valence-electron chi connectivity index (χ0n) is 13.1. The Labute approximate surface area is 129 Å². The fraction of sp³-hybridized carbons (Fsp3) is 0.500. The van der Waals surface area contributed by atoms with Gasteiger partial charge in [0.15, 0.2) is 0 Å². The zero-order chi connectivity index (χ0) is 15.5. The van der Waals surface area contributed by atoms with E-state index in [0.717, 1.165) is 25.9 Å². The highest BCUT2D eigenvalue weighted by Crippen LogP contribution is 2.25. The first-order valence-corrected chi connectivity index (χ1v) is 7.81. The fourth-order valence-electron chi connectivity index (χ4n) is 3.03. The third-order valence-corrected chi connectivity index (χ3v) is 4.52. The van der Waals surface area contributed by atoms with Crippen LogP contribution in [0.3, 0.4) is 0 Å². The smallest absolute Gasteiger partial charge is 0.340 e. The van der Waals surface area contributed by atoms with Crippen molar-refractivity contribution < 1.29 is 0 Å². The second-order valence-corrected chi connectivity index (χ2v) is 5.99. The SMILES string of the molecule is Cc1cccc(N2CCC(NCc3n[nH]c(=O)[nH]3)CC2)c1C. The molecule has 0 radical (unpaired) electrons. The molecule has 2 aromatic rings. The molecule has 0 unspecified atom stereocenters. The molecule has 0 atom stereocenters. The van der Waals surface area contributed by atoms with Crippen molar-refractivity contribution in [1.82, 2.24) is 20.5 Å². The lowest BCUT2D eigenvalue weighted by molar-refractivity contribution is 0.409. The molecule has 0 aliphatic carbocycles. The summed E-state index contributed by atoms with van der Waals surface area (Å²) in [6, 6.07) is 6.99. The largest absolute Gasteiger partial charge is 0.371 e. The summed E-state index contributed by atoms with van der Waals surface area (Å²) < 4.78 is 0. The van der Waals surface area contributed by atoms with E-state index in [1.165, 1.54) is 16.8 Å². The van der Waals surface area contributed by atoms with E-state index in [-0.39, 0.29) is 5.69 Å². The number of nitrogens with zero attached hydrogens (tertiary/aromatic N) is 2. The zero-order valence-corrected chi connectivity index (χ0v) is 13.1. The number of hydrogen-bond donors (Lipinski definition) is 3. The first kappa shape index (κ1) is 14.8. The lowest BCUT2D eigenvalue weighted by Crippen LogP contribution is -2.42. The molecule has 0 amide bonds. The number of hydrogen-bond acceptors (Lipinski definition) is 4. The van der Waals surface area contributed by atoms with E-state index in [4.69, 9.17) is 0 Å². The number of rotatable bonds is 4. The number of anilines is 1. The first-order chi connectivity index (χ1) is 10.6. The molecule has 1 aliphatic rings. The molecule has 1 saturated heterocycles.